The highest BCUT2D eigenvalue weighted by Crippen LogP contribution is 2.33. The number of benzene rings is 2. The summed E-state index contributed by atoms with van der Waals surface area (Å²) in [6.07, 6.45) is 3.47. The molecule has 2 aromatic carbocycles. The van der Waals surface area contributed by atoms with Gasteiger partial charge in [-0.3, -0.25) is 4.79 Å². The van der Waals surface area contributed by atoms with Gasteiger partial charge in [0.05, 0.1) is 7.11 Å². The molecule has 1 amide bonds. The number of aryl methyl sites for hydroxylation is 2. The maximum absolute atomic E-state index is 12.6. The molecule has 138 valence electrons. The molecule has 6 heteroatoms. The maximum Gasteiger partial charge on any atom is 0.387 e. The number of alkyl halides is 2. The highest BCUT2D eigenvalue weighted by atomic mass is 19.3. The van der Waals surface area contributed by atoms with E-state index in [0.29, 0.717) is 5.56 Å². The third kappa shape index (κ3) is 4.81. The lowest BCUT2D eigenvalue weighted by Crippen LogP contribution is -2.11. The van der Waals surface area contributed by atoms with Crippen molar-refractivity contribution in [2.75, 3.05) is 12.4 Å². The average molecular weight is 361 g/mol. The molecule has 0 radical (unpaired) electrons. The van der Waals surface area contributed by atoms with Crippen LogP contribution in [-0.2, 0) is 11.2 Å². The Labute approximate surface area is 151 Å². The van der Waals surface area contributed by atoms with Gasteiger partial charge in [-0.1, -0.05) is 37.3 Å². The van der Waals surface area contributed by atoms with Gasteiger partial charge < -0.3 is 14.8 Å². The van der Waals surface area contributed by atoms with Crippen LogP contribution in [0.5, 0.6) is 11.5 Å². The fraction of sp³-hybridized carbons (Fsp3) is 0.250. The van der Waals surface area contributed by atoms with E-state index >= 15 is 0 Å². The van der Waals surface area contributed by atoms with Crippen LogP contribution in [0.3, 0.4) is 0 Å². The Bertz CT molecular complexity index is 804. The molecule has 2 rings (SSSR count). The molecule has 0 atom stereocenters. The number of halogens is 2. The number of carbonyl (C=O) groups excluding carboxylic acids is 1. The maximum atomic E-state index is 12.6. The lowest BCUT2D eigenvalue weighted by Gasteiger charge is -2.13. The zero-order chi connectivity index (χ0) is 19.1. The van der Waals surface area contributed by atoms with Gasteiger partial charge in [0.1, 0.15) is 0 Å². The number of carbonyl (C=O) groups is 1. The van der Waals surface area contributed by atoms with Gasteiger partial charge in [0.15, 0.2) is 11.5 Å². The summed E-state index contributed by atoms with van der Waals surface area (Å²) in [7, 11) is 1.36. The standard InChI is InChI=1S/C20H21F2NO3/c1-4-14-8-5-7-13(2)18(14)23-17(24)12-11-15-9-6-10-16(25-3)19(15)26-20(21)22/h5-12,20H,4H2,1-3H3,(H,23,24)/b12-11+. The van der Waals surface area contributed by atoms with Crippen molar-refractivity contribution in [2.45, 2.75) is 26.9 Å². The minimum absolute atomic E-state index is 0.112. The van der Waals surface area contributed by atoms with Gasteiger partial charge in [-0.15, -0.1) is 0 Å². The summed E-state index contributed by atoms with van der Waals surface area (Å²) in [6.45, 7) is 0.922. The van der Waals surface area contributed by atoms with Gasteiger partial charge in [0.2, 0.25) is 5.91 Å². The van der Waals surface area contributed by atoms with Crippen molar-refractivity contribution in [3.05, 3.63) is 59.2 Å². The predicted octanol–water partition coefficient (Wildman–Crippen LogP) is 4.82. The molecule has 0 aromatic heterocycles. The van der Waals surface area contributed by atoms with E-state index in [1.165, 1.54) is 25.3 Å². The molecule has 0 aliphatic heterocycles. The molecule has 0 unspecified atom stereocenters. The van der Waals surface area contributed by atoms with Crippen molar-refractivity contribution >= 4 is 17.7 Å². The van der Waals surface area contributed by atoms with Crippen LogP contribution in [0.2, 0.25) is 0 Å². The summed E-state index contributed by atoms with van der Waals surface area (Å²) in [5.41, 5.74) is 3.06. The van der Waals surface area contributed by atoms with E-state index in [9.17, 15) is 13.6 Å². The molecule has 0 aliphatic carbocycles. The van der Waals surface area contributed by atoms with Crippen LogP contribution in [0.25, 0.3) is 6.08 Å². The van der Waals surface area contributed by atoms with Gasteiger partial charge in [-0.2, -0.15) is 8.78 Å². The fourth-order valence-electron chi connectivity index (χ4n) is 2.57. The number of hydrogen-bond acceptors (Lipinski definition) is 3. The Kier molecular flexibility index (Phi) is 6.72. The first-order valence-corrected chi connectivity index (χ1v) is 8.15. The monoisotopic (exact) mass is 361 g/mol. The van der Waals surface area contributed by atoms with Crippen LogP contribution in [0.15, 0.2) is 42.5 Å². The first kappa shape index (κ1) is 19.4. The summed E-state index contributed by atoms with van der Waals surface area (Å²) in [6, 6.07) is 10.5. The van der Waals surface area contributed by atoms with Gasteiger partial charge in [0, 0.05) is 17.3 Å². The number of hydrogen-bond donors (Lipinski definition) is 1. The van der Waals surface area contributed by atoms with E-state index < -0.39 is 6.61 Å². The lowest BCUT2D eigenvalue weighted by molar-refractivity contribution is -0.111. The Balaban J connectivity index is 2.24. The van der Waals surface area contributed by atoms with Crippen molar-refractivity contribution in [3.63, 3.8) is 0 Å². The number of anilines is 1. The largest absolute Gasteiger partial charge is 0.493 e. The fourth-order valence-corrected chi connectivity index (χ4v) is 2.57. The zero-order valence-electron chi connectivity index (χ0n) is 14.9. The molecule has 4 nitrogen and oxygen atoms in total. The van der Waals surface area contributed by atoms with Gasteiger partial charge in [-0.25, -0.2) is 0 Å². The van der Waals surface area contributed by atoms with Crippen molar-refractivity contribution in [1.29, 1.82) is 0 Å². The van der Waals surface area contributed by atoms with Crippen LogP contribution in [0.4, 0.5) is 14.5 Å². The molecule has 0 saturated carbocycles. The van der Waals surface area contributed by atoms with E-state index in [-0.39, 0.29) is 17.4 Å². The second-order valence-corrected chi connectivity index (χ2v) is 5.54. The number of amides is 1. The zero-order valence-corrected chi connectivity index (χ0v) is 14.9. The molecule has 0 bridgehead atoms. The molecule has 0 saturated heterocycles. The SMILES string of the molecule is CCc1cccc(C)c1NC(=O)/C=C/c1cccc(OC)c1OC(F)F. The highest BCUT2D eigenvalue weighted by Gasteiger charge is 2.14. The Morgan fingerprint density at radius 3 is 2.62 bits per heavy atom. The minimum Gasteiger partial charge on any atom is -0.493 e. The van der Waals surface area contributed by atoms with Crippen molar-refractivity contribution < 1.29 is 23.0 Å². The third-order valence-electron chi connectivity index (χ3n) is 3.84. The van der Waals surface area contributed by atoms with E-state index in [1.54, 1.807) is 12.1 Å². The highest BCUT2D eigenvalue weighted by molar-refractivity contribution is 6.03. The van der Waals surface area contributed by atoms with E-state index in [1.807, 2.05) is 32.0 Å². The van der Waals surface area contributed by atoms with Crippen LogP contribution in [0.1, 0.15) is 23.6 Å². The van der Waals surface area contributed by atoms with Gasteiger partial charge >= 0.3 is 6.61 Å². The number of nitrogens with one attached hydrogen (secondary N) is 1. The van der Waals surface area contributed by atoms with Crippen LogP contribution >= 0.6 is 0 Å². The average Bonchev–Trinajstić information content (AvgIpc) is 2.62. The van der Waals surface area contributed by atoms with Crippen molar-refractivity contribution in [2.24, 2.45) is 0 Å². The van der Waals surface area contributed by atoms with Crippen molar-refractivity contribution in [3.8, 4) is 11.5 Å². The quantitative estimate of drug-likeness (QED) is 0.719. The molecular weight excluding hydrogens is 340 g/mol. The normalized spacial score (nSPS) is 11.0. The molecule has 0 fully saturated rings. The number of para-hydroxylation sites is 2. The predicted molar refractivity (Wildman–Crippen MR) is 97.8 cm³/mol. The lowest BCUT2D eigenvalue weighted by atomic mass is 10.1. The molecule has 26 heavy (non-hydrogen) atoms. The molecule has 1 N–H and O–H groups in total. The van der Waals surface area contributed by atoms with Crippen LogP contribution in [0, 0.1) is 6.92 Å². The second kappa shape index (κ2) is 8.99. The Morgan fingerprint density at radius 2 is 1.96 bits per heavy atom. The molecular formula is C20H21F2NO3. The third-order valence-corrected chi connectivity index (χ3v) is 3.84. The Hall–Kier alpha value is -2.89. The Morgan fingerprint density at radius 1 is 1.23 bits per heavy atom. The first-order valence-electron chi connectivity index (χ1n) is 8.15. The smallest absolute Gasteiger partial charge is 0.387 e. The summed E-state index contributed by atoms with van der Waals surface area (Å²) in [4.78, 5) is 12.3. The summed E-state index contributed by atoms with van der Waals surface area (Å²) < 4.78 is 34.9. The van der Waals surface area contributed by atoms with Gasteiger partial charge in [0.25, 0.3) is 0 Å². The van der Waals surface area contributed by atoms with Crippen LogP contribution < -0.4 is 14.8 Å². The number of methoxy groups -OCH3 is 1. The second-order valence-electron chi connectivity index (χ2n) is 5.54. The van der Waals surface area contributed by atoms with Crippen molar-refractivity contribution in [1.82, 2.24) is 0 Å². The minimum atomic E-state index is -2.99. The number of rotatable bonds is 7. The molecule has 2 aromatic rings. The molecule has 0 spiro atoms. The summed E-state index contributed by atoms with van der Waals surface area (Å²) >= 11 is 0. The van der Waals surface area contributed by atoms with E-state index in [0.717, 1.165) is 23.2 Å². The molecule has 0 aliphatic rings. The van der Waals surface area contributed by atoms with Crippen LogP contribution in [-0.4, -0.2) is 19.6 Å². The number of ether oxygens (including phenoxy) is 2. The summed E-state index contributed by atoms with van der Waals surface area (Å²) in [5.74, 6) is -0.306. The first-order chi connectivity index (χ1) is 12.5. The van der Waals surface area contributed by atoms with E-state index in [2.05, 4.69) is 10.1 Å². The molecule has 0 heterocycles. The van der Waals surface area contributed by atoms with E-state index in [4.69, 9.17) is 4.74 Å². The topological polar surface area (TPSA) is 47.6 Å². The van der Waals surface area contributed by atoms with Gasteiger partial charge in [-0.05, 0) is 36.6 Å². The summed E-state index contributed by atoms with van der Waals surface area (Å²) in [5, 5.41) is 2.84.